The molecule has 0 bridgehead atoms. The summed E-state index contributed by atoms with van der Waals surface area (Å²) in [5, 5.41) is 9.20. The number of ketones is 1. The summed E-state index contributed by atoms with van der Waals surface area (Å²) in [5.74, 6) is -1.40. The van der Waals surface area contributed by atoms with E-state index in [1.54, 1.807) is 12.1 Å². The van der Waals surface area contributed by atoms with Crippen LogP contribution in [0.1, 0.15) is 26.4 Å². The van der Waals surface area contributed by atoms with Gasteiger partial charge in [0.2, 0.25) is 0 Å². The van der Waals surface area contributed by atoms with E-state index >= 15 is 0 Å². The number of hydrogen-bond donors (Lipinski definition) is 2. The number of carbonyl (C=O) groups is 2. The van der Waals surface area contributed by atoms with Crippen molar-refractivity contribution >= 4 is 39.3 Å². The predicted molar refractivity (Wildman–Crippen MR) is 70.3 cm³/mol. The Morgan fingerprint density at radius 2 is 1.89 bits per heavy atom. The first-order valence-electron chi connectivity index (χ1n) is 4.90. The Morgan fingerprint density at radius 1 is 1.17 bits per heavy atom. The number of H-pyrrole nitrogens is 1. The van der Waals surface area contributed by atoms with Gasteiger partial charge in [-0.3, -0.25) is 4.79 Å². The van der Waals surface area contributed by atoms with Crippen LogP contribution in [0.3, 0.4) is 0 Å². The van der Waals surface area contributed by atoms with Gasteiger partial charge in [-0.05, 0) is 24.3 Å². The van der Waals surface area contributed by atoms with Gasteiger partial charge in [0.25, 0.3) is 0 Å². The van der Waals surface area contributed by atoms with Gasteiger partial charge in [0.15, 0.2) is 5.78 Å². The second kappa shape index (κ2) is 4.96. The lowest BCUT2D eigenvalue weighted by Crippen LogP contribution is -2.00. The number of carbonyl (C=O) groups excluding carboxylic acids is 1. The molecule has 1 aromatic heterocycles. The van der Waals surface area contributed by atoms with Gasteiger partial charge >= 0.3 is 5.97 Å². The molecule has 2 aromatic rings. The molecule has 0 atom stereocenters. The molecule has 0 fully saturated rings. The number of aromatic carboxylic acids is 1. The number of aromatic amines is 1. The lowest BCUT2D eigenvalue weighted by Gasteiger charge is -2.00. The number of hydrogen-bond acceptors (Lipinski definition) is 2. The molecule has 1 aromatic carbocycles. The van der Waals surface area contributed by atoms with Crippen molar-refractivity contribution in [3.8, 4) is 0 Å². The zero-order valence-electron chi connectivity index (χ0n) is 8.91. The standard InChI is InChI=1S/C12H7BrClNO3/c13-8-1-6(2-9(14)4-8)11(16)7-3-10(12(17)18)15-5-7/h1-5,15H,(H,17,18). The Labute approximate surface area is 116 Å². The summed E-state index contributed by atoms with van der Waals surface area (Å²) in [6.07, 6.45) is 1.36. The van der Waals surface area contributed by atoms with Gasteiger partial charge in [-0.2, -0.15) is 0 Å². The number of nitrogens with one attached hydrogen (secondary N) is 1. The molecule has 0 aliphatic carbocycles. The van der Waals surface area contributed by atoms with E-state index in [2.05, 4.69) is 20.9 Å². The van der Waals surface area contributed by atoms with Crippen LogP contribution in [-0.2, 0) is 0 Å². The van der Waals surface area contributed by atoms with Gasteiger partial charge in [0.05, 0.1) is 0 Å². The lowest BCUT2D eigenvalue weighted by molar-refractivity contribution is 0.0691. The highest BCUT2D eigenvalue weighted by Gasteiger charge is 2.14. The number of aromatic nitrogens is 1. The van der Waals surface area contributed by atoms with Crippen LogP contribution in [0.5, 0.6) is 0 Å². The minimum absolute atomic E-state index is 0.0283. The van der Waals surface area contributed by atoms with E-state index in [9.17, 15) is 9.59 Å². The van der Waals surface area contributed by atoms with Gasteiger partial charge in [-0.25, -0.2) is 4.79 Å². The summed E-state index contributed by atoms with van der Waals surface area (Å²) in [4.78, 5) is 25.3. The monoisotopic (exact) mass is 327 g/mol. The first-order valence-corrected chi connectivity index (χ1v) is 6.07. The summed E-state index contributed by atoms with van der Waals surface area (Å²) in [6, 6.07) is 6.11. The maximum absolute atomic E-state index is 12.1. The van der Waals surface area contributed by atoms with E-state index in [0.717, 1.165) is 0 Å². The number of rotatable bonds is 3. The SMILES string of the molecule is O=C(c1cc(Cl)cc(Br)c1)c1c[nH]c(C(=O)O)c1. The Kier molecular flexibility index (Phi) is 3.54. The first kappa shape index (κ1) is 12.9. The molecule has 92 valence electrons. The van der Waals surface area contributed by atoms with E-state index < -0.39 is 5.97 Å². The molecule has 2 N–H and O–H groups in total. The summed E-state index contributed by atoms with van der Waals surface area (Å²) >= 11 is 9.10. The molecule has 2 rings (SSSR count). The van der Waals surface area contributed by atoms with Gasteiger partial charge in [0, 0.05) is 26.8 Å². The smallest absolute Gasteiger partial charge is 0.352 e. The molecule has 0 aliphatic heterocycles. The van der Waals surface area contributed by atoms with Crippen molar-refractivity contribution in [1.82, 2.24) is 4.98 Å². The van der Waals surface area contributed by atoms with Gasteiger partial charge < -0.3 is 10.1 Å². The average molecular weight is 329 g/mol. The van der Waals surface area contributed by atoms with E-state index in [1.807, 2.05) is 0 Å². The minimum Gasteiger partial charge on any atom is -0.477 e. The van der Waals surface area contributed by atoms with Crippen LogP contribution >= 0.6 is 27.5 Å². The molecule has 1 heterocycles. The van der Waals surface area contributed by atoms with Crippen LogP contribution < -0.4 is 0 Å². The molecule has 0 saturated carbocycles. The topological polar surface area (TPSA) is 70.2 Å². The van der Waals surface area contributed by atoms with Crippen LogP contribution in [0.15, 0.2) is 34.9 Å². The number of halogens is 2. The maximum Gasteiger partial charge on any atom is 0.352 e. The van der Waals surface area contributed by atoms with Crippen molar-refractivity contribution in [2.24, 2.45) is 0 Å². The minimum atomic E-state index is -1.11. The van der Waals surface area contributed by atoms with Crippen LogP contribution in [0.2, 0.25) is 5.02 Å². The summed E-state index contributed by atoms with van der Waals surface area (Å²) in [5.41, 5.74) is 0.645. The molecule has 6 heteroatoms. The fraction of sp³-hybridized carbons (Fsp3) is 0. The Balaban J connectivity index is 2.38. The molecular weight excluding hydrogens is 321 g/mol. The van der Waals surface area contributed by atoms with E-state index in [0.29, 0.717) is 15.1 Å². The molecule has 0 amide bonds. The normalized spacial score (nSPS) is 10.3. The highest BCUT2D eigenvalue weighted by Crippen LogP contribution is 2.22. The van der Waals surface area contributed by atoms with Gasteiger partial charge in [0.1, 0.15) is 5.69 Å². The molecular formula is C12H7BrClNO3. The predicted octanol–water partition coefficient (Wildman–Crippen LogP) is 3.36. The van der Waals surface area contributed by atoms with Crippen molar-refractivity contribution in [3.05, 3.63) is 56.8 Å². The van der Waals surface area contributed by atoms with E-state index in [4.69, 9.17) is 16.7 Å². The van der Waals surface area contributed by atoms with Crippen LogP contribution in [-0.4, -0.2) is 21.8 Å². The Hall–Kier alpha value is -1.59. The summed E-state index contributed by atoms with van der Waals surface area (Å²) < 4.78 is 0.687. The number of carboxylic acid groups (broad SMARTS) is 1. The summed E-state index contributed by atoms with van der Waals surface area (Å²) in [6.45, 7) is 0. The largest absolute Gasteiger partial charge is 0.477 e. The molecule has 4 nitrogen and oxygen atoms in total. The van der Waals surface area contributed by atoms with Crippen LogP contribution in [0.25, 0.3) is 0 Å². The van der Waals surface area contributed by atoms with E-state index in [-0.39, 0.29) is 17.0 Å². The lowest BCUT2D eigenvalue weighted by atomic mass is 10.1. The first-order chi connectivity index (χ1) is 8.47. The third-order valence-electron chi connectivity index (χ3n) is 2.30. The molecule has 0 radical (unpaired) electrons. The second-order valence-electron chi connectivity index (χ2n) is 3.59. The Morgan fingerprint density at radius 3 is 2.44 bits per heavy atom. The zero-order chi connectivity index (χ0) is 13.3. The molecule has 0 aliphatic rings. The van der Waals surface area contributed by atoms with Crippen LogP contribution in [0, 0.1) is 0 Å². The molecule has 0 unspecified atom stereocenters. The molecule has 0 saturated heterocycles. The number of benzene rings is 1. The van der Waals surface area contributed by atoms with Crippen molar-refractivity contribution in [3.63, 3.8) is 0 Å². The average Bonchev–Trinajstić information content (AvgIpc) is 2.75. The van der Waals surface area contributed by atoms with Crippen molar-refractivity contribution in [1.29, 1.82) is 0 Å². The molecule has 18 heavy (non-hydrogen) atoms. The maximum atomic E-state index is 12.1. The third kappa shape index (κ3) is 2.63. The quantitative estimate of drug-likeness (QED) is 0.849. The van der Waals surface area contributed by atoms with Crippen molar-refractivity contribution in [2.45, 2.75) is 0 Å². The highest BCUT2D eigenvalue weighted by atomic mass is 79.9. The summed E-state index contributed by atoms with van der Waals surface area (Å²) in [7, 11) is 0. The third-order valence-corrected chi connectivity index (χ3v) is 2.98. The van der Waals surface area contributed by atoms with Gasteiger partial charge in [-0.1, -0.05) is 27.5 Å². The van der Waals surface area contributed by atoms with Gasteiger partial charge in [-0.15, -0.1) is 0 Å². The molecule has 0 spiro atoms. The highest BCUT2D eigenvalue weighted by molar-refractivity contribution is 9.10. The number of carboxylic acids is 1. The van der Waals surface area contributed by atoms with E-state index in [1.165, 1.54) is 18.3 Å². The fourth-order valence-electron chi connectivity index (χ4n) is 1.50. The zero-order valence-corrected chi connectivity index (χ0v) is 11.2. The van der Waals surface area contributed by atoms with Crippen LogP contribution in [0.4, 0.5) is 0 Å². The second-order valence-corrected chi connectivity index (χ2v) is 4.95. The fourth-order valence-corrected chi connectivity index (χ4v) is 2.36. The van der Waals surface area contributed by atoms with Crippen molar-refractivity contribution < 1.29 is 14.7 Å². The Bertz CT molecular complexity index is 616. The van der Waals surface area contributed by atoms with Crippen molar-refractivity contribution in [2.75, 3.05) is 0 Å².